The minimum atomic E-state index is 0.205. The quantitative estimate of drug-likeness (QED) is 0.600. The fourth-order valence-electron chi connectivity index (χ4n) is 2.12. The van der Waals surface area contributed by atoms with Gasteiger partial charge in [-0.2, -0.15) is 19.6 Å². The monoisotopic (exact) mass is 404 g/mol. The molecule has 1 N–H and O–H groups in total. The summed E-state index contributed by atoms with van der Waals surface area (Å²) in [6.07, 6.45) is 1.61. The number of nitrogens with one attached hydrogen (secondary N) is 1. The molecule has 2 aromatic heterocycles. The van der Waals surface area contributed by atoms with Gasteiger partial charge in [0, 0.05) is 30.9 Å². The average Bonchev–Trinajstić information content (AvgIpc) is 3.09. The van der Waals surface area contributed by atoms with E-state index in [-0.39, 0.29) is 6.04 Å². The van der Waals surface area contributed by atoms with Gasteiger partial charge in [-0.25, -0.2) is 4.98 Å². The fraction of sp³-hybridized carbons (Fsp3) is 0.353. The molecule has 0 saturated heterocycles. The molecule has 0 bridgehead atoms. The summed E-state index contributed by atoms with van der Waals surface area (Å²) in [6.45, 7) is 4.06. The highest BCUT2D eigenvalue weighted by atomic mass is 35.5. The SMILES string of the molecule is CC(C)Nc1nc(N(C)C)nc(-n2cnc(SCc3ccc(Cl)cc3)n2)n1. The lowest BCUT2D eigenvalue weighted by molar-refractivity contribution is 0.758. The summed E-state index contributed by atoms with van der Waals surface area (Å²) in [5.41, 5.74) is 1.15. The van der Waals surface area contributed by atoms with Crippen molar-refractivity contribution in [2.24, 2.45) is 0 Å². The van der Waals surface area contributed by atoms with Gasteiger partial charge in [-0.1, -0.05) is 35.5 Å². The van der Waals surface area contributed by atoms with E-state index in [0.717, 1.165) is 16.3 Å². The Bertz CT molecular complexity index is 894. The van der Waals surface area contributed by atoms with Crippen molar-refractivity contribution in [3.8, 4) is 5.95 Å². The lowest BCUT2D eigenvalue weighted by Gasteiger charge is -2.14. The van der Waals surface area contributed by atoms with Crippen LogP contribution >= 0.6 is 23.4 Å². The van der Waals surface area contributed by atoms with Crippen LogP contribution in [-0.4, -0.2) is 49.9 Å². The van der Waals surface area contributed by atoms with Crippen LogP contribution in [0, 0.1) is 0 Å². The highest BCUT2D eigenvalue weighted by Crippen LogP contribution is 2.21. The molecular weight excluding hydrogens is 384 g/mol. The molecule has 0 amide bonds. The van der Waals surface area contributed by atoms with Gasteiger partial charge < -0.3 is 10.2 Å². The molecule has 27 heavy (non-hydrogen) atoms. The van der Waals surface area contributed by atoms with E-state index in [1.54, 1.807) is 11.0 Å². The van der Waals surface area contributed by atoms with Gasteiger partial charge in [0.2, 0.25) is 17.1 Å². The summed E-state index contributed by atoms with van der Waals surface area (Å²) in [6, 6.07) is 7.94. The highest BCUT2D eigenvalue weighted by Gasteiger charge is 2.12. The maximum absolute atomic E-state index is 5.92. The molecule has 142 valence electrons. The first-order chi connectivity index (χ1) is 12.9. The minimum Gasteiger partial charge on any atom is -0.352 e. The maximum atomic E-state index is 5.92. The van der Waals surface area contributed by atoms with Crippen LogP contribution in [0.4, 0.5) is 11.9 Å². The number of hydrogen-bond donors (Lipinski definition) is 1. The first-order valence-electron chi connectivity index (χ1n) is 8.40. The Morgan fingerprint density at radius 1 is 1.15 bits per heavy atom. The van der Waals surface area contributed by atoms with Gasteiger partial charge in [-0.05, 0) is 31.5 Å². The van der Waals surface area contributed by atoms with Crippen LogP contribution in [0.25, 0.3) is 5.95 Å². The van der Waals surface area contributed by atoms with Crippen molar-refractivity contribution < 1.29 is 0 Å². The Balaban J connectivity index is 1.78. The summed E-state index contributed by atoms with van der Waals surface area (Å²) in [7, 11) is 3.76. The molecule has 0 radical (unpaired) electrons. The van der Waals surface area contributed by atoms with E-state index in [4.69, 9.17) is 11.6 Å². The largest absolute Gasteiger partial charge is 0.352 e. The standard InChI is InChI=1S/C17H21ClN8S/c1-11(2)20-14-21-15(25(3)4)23-16(22-14)26-10-19-17(24-26)27-9-12-5-7-13(18)8-6-12/h5-8,10-11H,9H2,1-4H3,(H,20,21,22,23). The van der Waals surface area contributed by atoms with Crippen LogP contribution in [0.2, 0.25) is 5.02 Å². The smallest absolute Gasteiger partial charge is 0.258 e. The van der Waals surface area contributed by atoms with E-state index in [1.807, 2.05) is 57.1 Å². The van der Waals surface area contributed by atoms with Crippen molar-refractivity contribution in [1.29, 1.82) is 0 Å². The molecule has 0 unspecified atom stereocenters. The van der Waals surface area contributed by atoms with E-state index in [9.17, 15) is 0 Å². The molecule has 0 aliphatic carbocycles. The summed E-state index contributed by atoms with van der Waals surface area (Å²) in [4.78, 5) is 19.5. The van der Waals surface area contributed by atoms with Crippen LogP contribution in [0.5, 0.6) is 0 Å². The molecule has 0 saturated carbocycles. The van der Waals surface area contributed by atoms with Crippen LogP contribution in [-0.2, 0) is 5.75 Å². The van der Waals surface area contributed by atoms with Crippen molar-refractivity contribution in [3.63, 3.8) is 0 Å². The van der Waals surface area contributed by atoms with E-state index in [1.165, 1.54) is 11.8 Å². The zero-order valence-corrected chi connectivity index (χ0v) is 17.2. The van der Waals surface area contributed by atoms with Crippen LogP contribution in [0.15, 0.2) is 35.7 Å². The molecule has 0 atom stereocenters. The Morgan fingerprint density at radius 2 is 1.89 bits per heavy atom. The number of rotatable bonds is 7. The third kappa shape index (κ3) is 5.30. The third-order valence-electron chi connectivity index (χ3n) is 3.39. The Kier molecular flexibility index (Phi) is 6.12. The van der Waals surface area contributed by atoms with Crippen molar-refractivity contribution >= 4 is 35.3 Å². The summed E-state index contributed by atoms with van der Waals surface area (Å²) in [5.74, 6) is 2.22. The van der Waals surface area contributed by atoms with Crippen molar-refractivity contribution in [3.05, 3.63) is 41.2 Å². The summed E-state index contributed by atoms with van der Waals surface area (Å²) >= 11 is 7.45. The van der Waals surface area contributed by atoms with Gasteiger partial charge in [0.15, 0.2) is 0 Å². The number of hydrogen-bond acceptors (Lipinski definition) is 8. The second-order valence-corrected chi connectivity index (χ2v) is 7.72. The van der Waals surface area contributed by atoms with Crippen molar-refractivity contribution in [2.75, 3.05) is 24.3 Å². The van der Waals surface area contributed by atoms with E-state index in [2.05, 4.69) is 30.4 Å². The molecule has 3 aromatic rings. The Hall–Kier alpha value is -2.39. The van der Waals surface area contributed by atoms with Gasteiger partial charge in [0.1, 0.15) is 6.33 Å². The molecule has 10 heteroatoms. The Morgan fingerprint density at radius 3 is 2.56 bits per heavy atom. The fourth-order valence-corrected chi connectivity index (χ4v) is 3.00. The predicted molar refractivity (Wildman–Crippen MR) is 109 cm³/mol. The number of aromatic nitrogens is 6. The summed E-state index contributed by atoms with van der Waals surface area (Å²) in [5, 5.41) is 9.05. The first-order valence-corrected chi connectivity index (χ1v) is 9.76. The van der Waals surface area contributed by atoms with Gasteiger partial charge in [-0.15, -0.1) is 5.10 Å². The van der Waals surface area contributed by atoms with Crippen LogP contribution < -0.4 is 10.2 Å². The normalized spacial score (nSPS) is 11.0. The maximum Gasteiger partial charge on any atom is 0.258 e. The number of halogens is 1. The average molecular weight is 405 g/mol. The topological polar surface area (TPSA) is 84.7 Å². The van der Waals surface area contributed by atoms with Crippen molar-refractivity contribution in [2.45, 2.75) is 30.8 Å². The molecule has 3 rings (SSSR count). The van der Waals surface area contributed by atoms with Gasteiger partial charge in [-0.3, -0.25) is 0 Å². The highest BCUT2D eigenvalue weighted by molar-refractivity contribution is 7.98. The second kappa shape index (κ2) is 8.53. The third-order valence-corrected chi connectivity index (χ3v) is 4.56. The van der Waals surface area contributed by atoms with Gasteiger partial charge in [0.05, 0.1) is 0 Å². The van der Waals surface area contributed by atoms with E-state index < -0.39 is 0 Å². The van der Waals surface area contributed by atoms with Crippen molar-refractivity contribution in [1.82, 2.24) is 29.7 Å². The van der Waals surface area contributed by atoms with Crippen LogP contribution in [0.3, 0.4) is 0 Å². The number of anilines is 2. The van der Waals surface area contributed by atoms with Gasteiger partial charge in [0.25, 0.3) is 5.95 Å². The van der Waals surface area contributed by atoms with Gasteiger partial charge >= 0.3 is 0 Å². The zero-order chi connectivity index (χ0) is 19.4. The number of nitrogens with zero attached hydrogens (tertiary/aromatic N) is 7. The zero-order valence-electron chi connectivity index (χ0n) is 15.6. The minimum absolute atomic E-state index is 0.205. The Labute approximate surface area is 167 Å². The molecule has 0 aliphatic heterocycles. The van der Waals surface area contributed by atoms with E-state index in [0.29, 0.717) is 23.0 Å². The van der Waals surface area contributed by atoms with Crippen LogP contribution in [0.1, 0.15) is 19.4 Å². The molecule has 2 heterocycles. The number of benzene rings is 1. The number of thioether (sulfide) groups is 1. The molecule has 8 nitrogen and oxygen atoms in total. The molecule has 0 aliphatic rings. The lowest BCUT2D eigenvalue weighted by Crippen LogP contribution is -2.19. The van der Waals surface area contributed by atoms with E-state index >= 15 is 0 Å². The first kappa shape index (κ1) is 19.4. The second-order valence-electron chi connectivity index (χ2n) is 6.34. The predicted octanol–water partition coefficient (Wildman–Crippen LogP) is 3.28. The molecular formula is C17H21ClN8S. The molecule has 0 fully saturated rings. The molecule has 0 spiro atoms. The molecule has 1 aromatic carbocycles. The summed E-state index contributed by atoms with van der Waals surface area (Å²) < 4.78 is 1.56. The lowest BCUT2D eigenvalue weighted by atomic mass is 10.2.